The van der Waals surface area contributed by atoms with E-state index >= 15 is 0 Å². The Labute approximate surface area is 97.9 Å². The molecule has 0 fully saturated rings. The molecule has 1 aromatic rings. The molecule has 0 saturated carbocycles. The van der Waals surface area contributed by atoms with Crippen LogP contribution in [0.1, 0.15) is 12.5 Å². The van der Waals surface area contributed by atoms with Gasteiger partial charge < -0.3 is 4.55 Å². The van der Waals surface area contributed by atoms with Gasteiger partial charge in [-0.3, -0.25) is 0 Å². The number of benzene rings is 1. The molecule has 1 aromatic carbocycles. The summed E-state index contributed by atoms with van der Waals surface area (Å²) in [5, 5.41) is -0.860. The van der Waals surface area contributed by atoms with Crippen molar-refractivity contribution in [1.82, 2.24) is 0 Å². The molecule has 0 heterocycles. The monoisotopic (exact) mass is 262 g/mol. The molecule has 0 bridgehead atoms. The maximum atomic E-state index is 11.9. The van der Waals surface area contributed by atoms with Crippen LogP contribution < -0.4 is 0 Å². The predicted molar refractivity (Wildman–Crippen MR) is 63.5 cm³/mol. The first-order chi connectivity index (χ1) is 7.34. The molecule has 0 amide bonds. The van der Waals surface area contributed by atoms with E-state index in [9.17, 15) is 12.6 Å². The van der Waals surface area contributed by atoms with Gasteiger partial charge in [0.15, 0.2) is 20.9 Å². The van der Waals surface area contributed by atoms with Crippen molar-refractivity contribution in [2.24, 2.45) is 0 Å². The Hall–Kier alpha value is -0.720. The first-order valence-corrected chi connectivity index (χ1v) is 7.54. The van der Waals surface area contributed by atoms with Gasteiger partial charge in [0.05, 0.1) is 15.9 Å². The van der Waals surface area contributed by atoms with Gasteiger partial charge in [-0.25, -0.2) is 12.6 Å². The highest BCUT2D eigenvalue weighted by Crippen LogP contribution is 2.17. The lowest BCUT2D eigenvalue weighted by Gasteiger charge is -2.10. The van der Waals surface area contributed by atoms with Crippen molar-refractivity contribution < 1.29 is 17.2 Å². The third-order valence-corrected chi connectivity index (χ3v) is 5.41. The number of aryl methyl sites for hydroxylation is 1. The SMILES string of the molecule is Cc1ccc(S(=O)(=O)C(C)CS(=O)O)cc1. The fraction of sp³-hybridized carbons (Fsp3) is 0.400. The van der Waals surface area contributed by atoms with Crippen molar-refractivity contribution in [1.29, 1.82) is 0 Å². The lowest BCUT2D eigenvalue weighted by atomic mass is 10.2. The standard InChI is InChI=1S/C10H14O4S2/c1-8-3-5-10(6-4-8)16(13,14)9(2)7-15(11)12/h3-6,9H,7H2,1-2H3,(H,11,12). The second-order valence-corrected chi connectivity index (χ2v) is 7.00. The van der Waals surface area contributed by atoms with Crippen molar-refractivity contribution in [3.05, 3.63) is 29.8 Å². The van der Waals surface area contributed by atoms with Crippen LogP contribution in [0.2, 0.25) is 0 Å². The van der Waals surface area contributed by atoms with Crippen molar-refractivity contribution in [2.75, 3.05) is 5.75 Å². The summed E-state index contributed by atoms with van der Waals surface area (Å²) in [5.41, 5.74) is 0.970. The Kier molecular flexibility index (Phi) is 4.23. The van der Waals surface area contributed by atoms with E-state index in [1.165, 1.54) is 19.1 Å². The van der Waals surface area contributed by atoms with Crippen molar-refractivity contribution in [2.45, 2.75) is 24.0 Å². The second-order valence-electron chi connectivity index (χ2n) is 3.66. The Morgan fingerprint density at radius 3 is 2.25 bits per heavy atom. The van der Waals surface area contributed by atoms with E-state index in [4.69, 9.17) is 4.55 Å². The van der Waals surface area contributed by atoms with Crippen LogP contribution in [0.5, 0.6) is 0 Å². The van der Waals surface area contributed by atoms with Crippen LogP contribution in [0.25, 0.3) is 0 Å². The second kappa shape index (κ2) is 5.07. The highest BCUT2D eigenvalue weighted by Gasteiger charge is 2.24. The largest absolute Gasteiger partial charge is 0.306 e. The number of sulfone groups is 1. The molecule has 16 heavy (non-hydrogen) atoms. The summed E-state index contributed by atoms with van der Waals surface area (Å²) in [5.74, 6) is -0.268. The van der Waals surface area contributed by atoms with Gasteiger partial charge in [-0.1, -0.05) is 17.7 Å². The molecule has 0 aliphatic heterocycles. The van der Waals surface area contributed by atoms with Crippen LogP contribution in [0.15, 0.2) is 29.2 Å². The first-order valence-electron chi connectivity index (χ1n) is 4.72. The summed E-state index contributed by atoms with van der Waals surface area (Å²) in [6, 6.07) is 6.44. The van der Waals surface area contributed by atoms with Gasteiger partial charge in [0.25, 0.3) is 0 Å². The van der Waals surface area contributed by atoms with Crippen LogP contribution in [-0.4, -0.2) is 28.2 Å². The van der Waals surface area contributed by atoms with Crippen molar-refractivity contribution in [3.63, 3.8) is 0 Å². The van der Waals surface area contributed by atoms with Gasteiger partial charge in [-0.2, -0.15) is 0 Å². The molecule has 0 aromatic heterocycles. The minimum absolute atomic E-state index is 0.191. The summed E-state index contributed by atoms with van der Waals surface area (Å²) < 4.78 is 43.1. The topological polar surface area (TPSA) is 71.4 Å². The van der Waals surface area contributed by atoms with E-state index < -0.39 is 26.2 Å². The molecule has 0 radical (unpaired) electrons. The van der Waals surface area contributed by atoms with Crippen molar-refractivity contribution in [3.8, 4) is 0 Å². The van der Waals surface area contributed by atoms with Gasteiger partial charge in [0, 0.05) is 0 Å². The van der Waals surface area contributed by atoms with Crippen LogP contribution in [0.3, 0.4) is 0 Å². The van der Waals surface area contributed by atoms with Crippen molar-refractivity contribution >= 4 is 20.9 Å². The molecule has 0 saturated heterocycles. The van der Waals surface area contributed by atoms with E-state index in [0.717, 1.165) is 5.56 Å². The zero-order valence-corrected chi connectivity index (χ0v) is 10.7. The van der Waals surface area contributed by atoms with Crippen LogP contribution >= 0.6 is 0 Å². The van der Waals surface area contributed by atoms with Gasteiger partial charge in [-0.15, -0.1) is 0 Å². The van der Waals surface area contributed by atoms with E-state index in [-0.39, 0.29) is 10.6 Å². The molecule has 4 nitrogen and oxygen atoms in total. The Morgan fingerprint density at radius 2 is 1.81 bits per heavy atom. The van der Waals surface area contributed by atoms with E-state index in [0.29, 0.717) is 0 Å². The highest BCUT2D eigenvalue weighted by atomic mass is 32.2. The van der Waals surface area contributed by atoms with Gasteiger partial charge in [0.2, 0.25) is 0 Å². The molecule has 1 rings (SSSR count). The van der Waals surface area contributed by atoms with Crippen LogP contribution in [-0.2, 0) is 20.9 Å². The lowest BCUT2D eigenvalue weighted by molar-refractivity contribution is 0.557. The zero-order valence-electron chi connectivity index (χ0n) is 9.08. The van der Waals surface area contributed by atoms with Crippen LogP contribution in [0, 0.1) is 6.92 Å². The lowest BCUT2D eigenvalue weighted by Crippen LogP contribution is -2.24. The van der Waals surface area contributed by atoms with Crippen LogP contribution in [0.4, 0.5) is 0 Å². The summed E-state index contributed by atoms with van der Waals surface area (Å²) in [6.45, 7) is 3.30. The minimum Gasteiger partial charge on any atom is -0.306 e. The highest BCUT2D eigenvalue weighted by molar-refractivity contribution is 7.93. The van der Waals surface area contributed by atoms with Gasteiger partial charge in [-0.05, 0) is 26.0 Å². The molecule has 0 spiro atoms. The number of hydrogen-bond donors (Lipinski definition) is 1. The average molecular weight is 262 g/mol. The zero-order chi connectivity index (χ0) is 12.3. The summed E-state index contributed by atoms with van der Waals surface area (Å²) >= 11 is -2.10. The molecule has 1 N–H and O–H groups in total. The Balaban J connectivity index is 3.02. The van der Waals surface area contributed by atoms with E-state index in [2.05, 4.69) is 0 Å². The smallest absolute Gasteiger partial charge is 0.181 e. The molecule has 0 aliphatic carbocycles. The average Bonchev–Trinajstić information content (AvgIpc) is 2.17. The van der Waals surface area contributed by atoms with E-state index in [1.807, 2.05) is 6.92 Å². The quantitative estimate of drug-likeness (QED) is 0.832. The fourth-order valence-electron chi connectivity index (χ4n) is 1.25. The molecule has 2 atom stereocenters. The molecular weight excluding hydrogens is 248 g/mol. The normalized spacial score (nSPS) is 15.7. The summed E-state index contributed by atoms with van der Waals surface area (Å²) in [4.78, 5) is 0.191. The third-order valence-electron chi connectivity index (χ3n) is 2.26. The predicted octanol–water partition coefficient (Wildman–Crippen LogP) is 1.38. The molecule has 2 unspecified atom stereocenters. The number of hydrogen-bond acceptors (Lipinski definition) is 3. The van der Waals surface area contributed by atoms with E-state index in [1.54, 1.807) is 12.1 Å². The maximum Gasteiger partial charge on any atom is 0.181 e. The Morgan fingerprint density at radius 1 is 1.31 bits per heavy atom. The fourth-order valence-corrected chi connectivity index (χ4v) is 3.70. The molecule has 0 aliphatic rings. The Bertz CT molecular complexity index is 476. The maximum absolute atomic E-state index is 11.9. The molecule has 6 heteroatoms. The third kappa shape index (κ3) is 3.13. The minimum atomic E-state index is -3.50. The summed E-state index contributed by atoms with van der Waals surface area (Å²) in [7, 11) is -3.50. The molecular formula is C10H14O4S2. The first kappa shape index (κ1) is 13.3. The van der Waals surface area contributed by atoms with Gasteiger partial charge in [0.1, 0.15) is 0 Å². The van der Waals surface area contributed by atoms with Gasteiger partial charge >= 0.3 is 0 Å². The molecule has 90 valence electrons. The number of rotatable bonds is 4. The summed E-state index contributed by atoms with van der Waals surface area (Å²) in [6.07, 6.45) is 0.